The minimum absolute atomic E-state index is 0.262. The van der Waals surface area contributed by atoms with Crippen molar-refractivity contribution in [3.8, 4) is 5.75 Å². The van der Waals surface area contributed by atoms with E-state index in [1.54, 1.807) is 7.11 Å². The van der Waals surface area contributed by atoms with Gasteiger partial charge in [0.05, 0.1) is 25.0 Å². The van der Waals surface area contributed by atoms with Crippen LogP contribution in [-0.4, -0.2) is 32.4 Å². The Kier molecular flexibility index (Phi) is 4.35. The molecule has 0 radical (unpaired) electrons. The highest BCUT2D eigenvalue weighted by Crippen LogP contribution is 2.33. The molecule has 1 aliphatic rings. The van der Waals surface area contributed by atoms with E-state index in [1.165, 1.54) is 11.3 Å². The van der Waals surface area contributed by atoms with Crippen molar-refractivity contribution < 1.29 is 9.47 Å². The van der Waals surface area contributed by atoms with Crippen molar-refractivity contribution in [1.29, 1.82) is 0 Å². The Morgan fingerprint density at radius 3 is 2.37 bits per heavy atom. The molecule has 2 rings (SSSR count). The second kappa shape index (κ2) is 5.83. The number of morpholine rings is 1. The standard InChI is InChI=1S/C16H25NO2/c1-11(2)14-6-7-15(16(8-14)18-5)17-9-12(3)19-13(4)10-17/h6-8,11-13H,9-10H2,1-5H3. The Morgan fingerprint density at radius 1 is 1.21 bits per heavy atom. The van der Waals surface area contributed by atoms with Crippen LogP contribution in [0.5, 0.6) is 5.75 Å². The molecule has 3 nitrogen and oxygen atoms in total. The van der Waals surface area contributed by atoms with Gasteiger partial charge in [-0.1, -0.05) is 19.9 Å². The number of hydrogen-bond acceptors (Lipinski definition) is 3. The topological polar surface area (TPSA) is 21.7 Å². The molecule has 1 aromatic carbocycles. The van der Waals surface area contributed by atoms with E-state index in [-0.39, 0.29) is 12.2 Å². The molecule has 0 aliphatic carbocycles. The molecule has 0 N–H and O–H groups in total. The SMILES string of the molecule is COc1cc(C(C)C)ccc1N1CC(C)OC(C)C1. The molecule has 0 aromatic heterocycles. The zero-order valence-corrected chi connectivity index (χ0v) is 12.6. The second-order valence-electron chi connectivity index (χ2n) is 5.75. The molecule has 2 unspecified atom stereocenters. The van der Waals surface area contributed by atoms with Gasteiger partial charge in [-0.2, -0.15) is 0 Å². The quantitative estimate of drug-likeness (QED) is 0.834. The maximum atomic E-state index is 5.79. The van der Waals surface area contributed by atoms with E-state index < -0.39 is 0 Å². The molecule has 1 aromatic rings. The van der Waals surface area contributed by atoms with Gasteiger partial charge in [0.25, 0.3) is 0 Å². The first-order valence-corrected chi connectivity index (χ1v) is 7.09. The summed E-state index contributed by atoms with van der Waals surface area (Å²) in [6, 6.07) is 6.54. The molecular weight excluding hydrogens is 238 g/mol. The van der Waals surface area contributed by atoms with E-state index in [1.807, 2.05) is 0 Å². The van der Waals surface area contributed by atoms with Crippen molar-refractivity contribution in [3.63, 3.8) is 0 Å². The minimum atomic E-state index is 0.262. The Hall–Kier alpha value is -1.22. The first kappa shape index (κ1) is 14.2. The fourth-order valence-corrected chi connectivity index (χ4v) is 2.69. The summed E-state index contributed by atoms with van der Waals surface area (Å²) < 4.78 is 11.4. The monoisotopic (exact) mass is 263 g/mol. The predicted octanol–water partition coefficient (Wildman–Crippen LogP) is 3.43. The van der Waals surface area contributed by atoms with Crippen molar-refractivity contribution >= 4 is 5.69 Å². The maximum Gasteiger partial charge on any atom is 0.142 e. The van der Waals surface area contributed by atoms with Crippen LogP contribution >= 0.6 is 0 Å². The first-order chi connectivity index (χ1) is 9.01. The highest BCUT2D eigenvalue weighted by Gasteiger charge is 2.24. The number of benzene rings is 1. The Bertz CT molecular complexity index is 421. The fourth-order valence-electron chi connectivity index (χ4n) is 2.69. The molecule has 106 valence electrons. The van der Waals surface area contributed by atoms with Crippen molar-refractivity contribution in [1.82, 2.24) is 0 Å². The minimum Gasteiger partial charge on any atom is -0.495 e. The third-order valence-electron chi connectivity index (χ3n) is 3.63. The summed E-state index contributed by atoms with van der Waals surface area (Å²) in [6.07, 6.45) is 0.525. The second-order valence-corrected chi connectivity index (χ2v) is 5.75. The first-order valence-electron chi connectivity index (χ1n) is 7.09. The van der Waals surface area contributed by atoms with Crippen LogP contribution in [0.25, 0.3) is 0 Å². The van der Waals surface area contributed by atoms with E-state index in [0.717, 1.165) is 18.8 Å². The number of rotatable bonds is 3. The van der Waals surface area contributed by atoms with Gasteiger partial charge in [-0.15, -0.1) is 0 Å². The molecule has 3 heteroatoms. The Labute approximate surface area is 116 Å². The predicted molar refractivity (Wildman–Crippen MR) is 79.3 cm³/mol. The normalized spacial score (nSPS) is 23.8. The lowest BCUT2D eigenvalue weighted by Crippen LogP contribution is -2.45. The fraction of sp³-hybridized carbons (Fsp3) is 0.625. The number of anilines is 1. The van der Waals surface area contributed by atoms with Crippen molar-refractivity contribution in [2.45, 2.75) is 45.8 Å². The molecule has 0 saturated carbocycles. The molecule has 1 aliphatic heterocycles. The van der Waals surface area contributed by atoms with Gasteiger partial charge in [-0.05, 0) is 37.5 Å². The van der Waals surface area contributed by atoms with Gasteiger partial charge in [0, 0.05) is 13.1 Å². The highest BCUT2D eigenvalue weighted by molar-refractivity contribution is 5.60. The van der Waals surface area contributed by atoms with Gasteiger partial charge >= 0.3 is 0 Å². The third-order valence-corrected chi connectivity index (χ3v) is 3.63. The van der Waals surface area contributed by atoms with Crippen LogP contribution in [0.3, 0.4) is 0 Å². The summed E-state index contributed by atoms with van der Waals surface area (Å²) >= 11 is 0. The largest absolute Gasteiger partial charge is 0.495 e. The molecule has 0 bridgehead atoms. The molecular formula is C16H25NO2. The lowest BCUT2D eigenvalue weighted by molar-refractivity contribution is -0.00532. The molecule has 0 amide bonds. The van der Waals surface area contributed by atoms with Crippen LogP contribution in [-0.2, 0) is 4.74 Å². The summed E-state index contributed by atoms with van der Waals surface area (Å²) in [7, 11) is 1.75. The van der Waals surface area contributed by atoms with Crippen LogP contribution in [0.15, 0.2) is 18.2 Å². The zero-order valence-electron chi connectivity index (χ0n) is 12.6. The van der Waals surface area contributed by atoms with Crippen LogP contribution < -0.4 is 9.64 Å². The van der Waals surface area contributed by atoms with Crippen LogP contribution in [0.1, 0.15) is 39.2 Å². The summed E-state index contributed by atoms with van der Waals surface area (Å²) in [5.41, 5.74) is 2.49. The van der Waals surface area contributed by atoms with Crippen molar-refractivity contribution in [3.05, 3.63) is 23.8 Å². The smallest absolute Gasteiger partial charge is 0.142 e. The summed E-state index contributed by atoms with van der Waals surface area (Å²) in [5, 5.41) is 0. The van der Waals surface area contributed by atoms with Gasteiger partial charge in [0.1, 0.15) is 5.75 Å². The number of methoxy groups -OCH3 is 1. The van der Waals surface area contributed by atoms with E-state index in [9.17, 15) is 0 Å². The summed E-state index contributed by atoms with van der Waals surface area (Å²) in [6.45, 7) is 10.5. The molecule has 19 heavy (non-hydrogen) atoms. The lowest BCUT2D eigenvalue weighted by Gasteiger charge is -2.37. The van der Waals surface area contributed by atoms with Crippen molar-refractivity contribution in [2.75, 3.05) is 25.1 Å². The van der Waals surface area contributed by atoms with Gasteiger partial charge in [-0.3, -0.25) is 0 Å². The molecule has 1 saturated heterocycles. The Balaban J connectivity index is 2.28. The molecule has 2 atom stereocenters. The highest BCUT2D eigenvalue weighted by atomic mass is 16.5. The third kappa shape index (κ3) is 3.21. The van der Waals surface area contributed by atoms with Crippen molar-refractivity contribution in [2.24, 2.45) is 0 Å². The lowest BCUT2D eigenvalue weighted by atomic mass is 10.0. The average molecular weight is 263 g/mol. The Morgan fingerprint density at radius 2 is 1.84 bits per heavy atom. The van der Waals surface area contributed by atoms with Gasteiger partial charge in [0.2, 0.25) is 0 Å². The van der Waals surface area contributed by atoms with Gasteiger partial charge in [-0.25, -0.2) is 0 Å². The van der Waals surface area contributed by atoms with Crippen LogP contribution in [0.4, 0.5) is 5.69 Å². The number of hydrogen-bond donors (Lipinski definition) is 0. The van der Waals surface area contributed by atoms with Crippen LogP contribution in [0, 0.1) is 0 Å². The van der Waals surface area contributed by atoms with Gasteiger partial charge in [0.15, 0.2) is 0 Å². The summed E-state index contributed by atoms with van der Waals surface area (Å²) in [4.78, 5) is 2.36. The number of ether oxygens (including phenoxy) is 2. The molecule has 0 spiro atoms. The van der Waals surface area contributed by atoms with E-state index in [4.69, 9.17) is 9.47 Å². The summed E-state index contributed by atoms with van der Waals surface area (Å²) in [5.74, 6) is 1.48. The maximum absolute atomic E-state index is 5.79. The zero-order chi connectivity index (χ0) is 14.0. The van der Waals surface area contributed by atoms with Gasteiger partial charge < -0.3 is 14.4 Å². The van der Waals surface area contributed by atoms with E-state index in [2.05, 4.69) is 50.8 Å². The molecule has 1 heterocycles. The van der Waals surface area contributed by atoms with E-state index >= 15 is 0 Å². The van der Waals surface area contributed by atoms with E-state index in [0.29, 0.717) is 5.92 Å². The van der Waals surface area contributed by atoms with Crippen LogP contribution in [0.2, 0.25) is 0 Å². The molecule has 1 fully saturated rings. The average Bonchev–Trinajstić information content (AvgIpc) is 2.36. The number of nitrogens with zero attached hydrogens (tertiary/aromatic N) is 1.